The Labute approximate surface area is 67.1 Å². The van der Waals surface area contributed by atoms with Crippen LogP contribution in [0.3, 0.4) is 0 Å². The first kappa shape index (κ1) is 8.53. The van der Waals surface area contributed by atoms with Gasteiger partial charge in [-0.2, -0.15) is 0 Å². The normalized spacial score (nSPS) is 19.7. The van der Waals surface area contributed by atoms with Crippen LogP contribution in [-0.4, -0.2) is 25.7 Å². The van der Waals surface area contributed by atoms with Gasteiger partial charge in [-0.25, -0.2) is 0 Å². The summed E-state index contributed by atoms with van der Waals surface area (Å²) < 4.78 is 4.88. The van der Waals surface area contributed by atoms with Crippen LogP contribution in [0.1, 0.15) is 19.8 Å². The fourth-order valence-corrected chi connectivity index (χ4v) is 1.17. The number of carbonyl (C=O) groups excluding carboxylic acids is 1. The molecule has 0 aliphatic carbocycles. The maximum Gasteiger partial charge on any atom is 0.313 e. The first-order valence-corrected chi connectivity index (χ1v) is 4.07. The van der Waals surface area contributed by atoms with Crippen molar-refractivity contribution >= 4 is 5.97 Å². The highest BCUT2D eigenvalue weighted by Crippen LogP contribution is 2.15. The highest BCUT2D eigenvalue weighted by Gasteiger charge is 2.22. The van der Waals surface area contributed by atoms with Crippen molar-refractivity contribution in [3.05, 3.63) is 5.92 Å². The van der Waals surface area contributed by atoms with Crippen molar-refractivity contribution in [2.24, 2.45) is 0 Å². The van der Waals surface area contributed by atoms with Gasteiger partial charge in [0.25, 0.3) is 0 Å². The Morgan fingerprint density at radius 1 is 1.55 bits per heavy atom. The third-order valence-electron chi connectivity index (χ3n) is 1.77. The van der Waals surface area contributed by atoms with Crippen LogP contribution >= 0.6 is 0 Å². The Bertz CT molecular complexity index is 130. The largest absolute Gasteiger partial charge is 0.466 e. The molecule has 1 radical (unpaired) electrons. The van der Waals surface area contributed by atoms with Gasteiger partial charge in [-0.3, -0.25) is 4.79 Å². The third kappa shape index (κ3) is 2.50. The molecule has 0 aromatic rings. The van der Waals surface area contributed by atoms with Crippen LogP contribution in [0.15, 0.2) is 0 Å². The Kier molecular flexibility index (Phi) is 3.36. The number of piperidine rings is 1. The number of carbonyl (C=O) groups is 1. The Morgan fingerprint density at radius 2 is 2.18 bits per heavy atom. The van der Waals surface area contributed by atoms with E-state index in [0.29, 0.717) is 6.61 Å². The first-order chi connectivity index (χ1) is 5.34. The molecule has 1 heterocycles. The lowest BCUT2D eigenvalue weighted by atomic mass is 9.99. The summed E-state index contributed by atoms with van der Waals surface area (Å²) in [7, 11) is 0. The van der Waals surface area contributed by atoms with Crippen LogP contribution in [-0.2, 0) is 9.53 Å². The predicted octanol–water partition coefficient (Wildman–Crippen LogP) is 0.507. The lowest BCUT2D eigenvalue weighted by molar-refractivity contribution is -0.141. The number of esters is 1. The quantitative estimate of drug-likeness (QED) is 0.592. The van der Waals surface area contributed by atoms with Crippen molar-refractivity contribution in [2.75, 3.05) is 19.7 Å². The maximum absolute atomic E-state index is 11.1. The van der Waals surface area contributed by atoms with E-state index in [-0.39, 0.29) is 5.97 Å². The minimum Gasteiger partial charge on any atom is -0.466 e. The van der Waals surface area contributed by atoms with E-state index < -0.39 is 0 Å². The SMILES string of the molecule is CCOC(=O)[C]1CCNCC1. The topological polar surface area (TPSA) is 38.3 Å². The van der Waals surface area contributed by atoms with Gasteiger partial charge in [0.1, 0.15) is 0 Å². The molecule has 0 bridgehead atoms. The highest BCUT2D eigenvalue weighted by atomic mass is 16.5. The molecule has 3 heteroatoms. The molecule has 0 amide bonds. The van der Waals surface area contributed by atoms with Crippen molar-refractivity contribution in [3.63, 3.8) is 0 Å². The molecule has 0 atom stereocenters. The molecule has 63 valence electrons. The van der Waals surface area contributed by atoms with E-state index in [4.69, 9.17) is 4.74 Å². The summed E-state index contributed by atoms with van der Waals surface area (Å²) in [6.45, 7) is 4.14. The summed E-state index contributed by atoms with van der Waals surface area (Å²) in [6, 6.07) is 0. The lowest BCUT2D eigenvalue weighted by Crippen LogP contribution is -2.31. The average Bonchev–Trinajstić information content (AvgIpc) is 2.07. The molecular formula is C8H14NO2. The van der Waals surface area contributed by atoms with Crippen LogP contribution in [0.5, 0.6) is 0 Å². The Morgan fingerprint density at radius 3 is 2.73 bits per heavy atom. The van der Waals surface area contributed by atoms with Crippen LogP contribution in [0, 0.1) is 5.92 Å². The summed E-state index contributed by atoms with van der Waals surface area (Å²) in [5.74, 6) is 0.833. The molecule has 0 saturated carbocycles. The van der Waals surface area contributed by atoms with Gasteiger partial charge in [0.05, 0.1) is 12.5 Å². The molecule has 0 aromatic heterocycles. The monoisotopic (exact) mass is 156 g/mol. The van der Waals surface area contributed by atoms with E-state index in [2.05, 4.69) is 5.32 Å². The molecule has 1 fully saturated rings. The number of ether oxygens (including phenoxy) is 1. The number of rotatable bonds is 2. The van der Waals surface area contributed by atoms with E-state index >= 15 is 0 Å². The Hall–Kier alpha value is -0.570. The van der Waals surface area contributed by atoms with Crippen LogP contribution in [0.25, 0.3) is 0 Å². The number of nitrogens with one attached hydrogen (secondary N) is 1. The zero-order chi connectivity index (χ0) is 8.10. The average molecular weight is 156 g/mol. The summed E-state index contributed by atoms with van der Waals surface area (Å²) in [6.07, 6.45) is 1.69. The van der Waals surface area contributed by atoms with Crippen LogP contribution < -0.4 is 5.32 Å². The van der Waals surface area contributed by atoms with Gasteiger partial charge in [0.15, 0.2) is 0 Å². The first-order valence-electron chi connectivity index (χ1n) is 4.07. The zero-order valence-electron chi connectivity index (χ0n) is 6.85. The van der Waals surface area contributed by atoms with E-state index in [9.17, 15) is 4.79 Å². The van der Waals surface area contributed by atoms with Gasteiger partial charge < -0.3 is 10.1 Å². The summed E-state index contributed by atoms with van der Waals surface area (Å²) in [5.41, 5.74) is 0. The van der Waals surface area contributed by atoms with Crippen molar-refractivity contribution in [2.45, 2.75) is 19.8 Å². The summed E-state index contributed by atoms with van der Waals surface area (Å²) in [4.78, 5) is 11.1. The van der Waals surface area contributed by atoms with Crippen molar-refractivity contribution in [1.29, 1.82) is 0 Å². The van der Waals surface area contributed by atoms with Gasteiger partial charge in [-0.05, 0) is 32.9 Å². The number of hydrogen-bond donors (Lipinski definition) is 1. The van der Waals surface area contributed by atoms with E-state index in [1.807, 2.05) is 6.92 Å². The molecule has 1 saturated heterocycles. The fraction of sp³-hybridized carbons (Fsp3) is 0.750. The molecule has 0 aromatic carbocycles. The molecule has 1 aliphatic heterocycles. The third-order valence-corrected chi connectivity index (χ3v) is 1.77. The van der Waals surface area contributed by atoms with Crippen molar-refractivity contribution < 1.29 is 9.53 Å². The second kappa shape index (κ2) is 4.34. The van der Waals surface area contributed by atoms with E-state index in [1.54, 1.807) is 0 Å². The minimum atomic E-state index is -0.103. The molecule has 1 aliphatic rings. The molecule has 0 spiro atoms. The van der Waals surface area contributed by atoms with Gasteiger partial charge in [0, 0.05) is 0 Å². The second-order valence-electron chi connectivity index (χ2n) is 2.57. The minimum absolute atomic E-state index is 0.103. The van der Waals surface area contributed by atoms with E-state index in [1.165, 1.54) is 0 Å². The molecular weight excluding hydrogens is 142 g/mol. The van der Waals surface area contributed by atoms with Crippen LogP contribution in [0.2, 0.25) is 0 Å². The maximum atomic E-state index is 11.1. The van der Waals surface area contributed by atoms with Gasteiger partial charge in [-0.1, -0.05) is 0 Å². The molecule has 1 rings (SSSR count). The highest BCUT2D eigenvalue weighted by molar-refractivity contribution is 5.84. The fourth-order valence-electron chi connectivity index (χ4n) is 1.17. The Balaban J connectivity index is 2.27. The summed E-state index contributed by atoms with van der Waals surface area (Å²) >= 11 is 0. The number of hydrogen-bond acceptors (Lipinski definition) is 3. The molecule has 11 heavy (non-hydrogen) atoms. The summed E-state index contributed by atoms with van der Waals surface area (Å²) in [5, 5.41) is 3.18. The van der Waals surface area contributed by atoms with Crippen molar-refractivity contribution in [3.8, 4) is 0 Å². The van der Waals surface area contributed by atoms with Gasteiger partial charge >= 0.3 is 5.97 Å². The molecule has 1 N–H and O–H groups in total. The molecule has 0 unspecified atom stereocenters. The second-order valence-corrected chi connectivity index (χ2v) is 2.57. The smallest absolute Gasteiger partial charge is 0.313 e. The zero-order valence-corrected chi connectivity index (χ0v) is 6.85. The van der Waals surface area contributed by atoms with Gasteiger partial charge in [-0.15, -0.1) is 0 Å². The molecule has 3 nitrogen and oxygen atoms in total. The van der Waals surface area contributed by atoms with Crippen molar-refractivity contribution in [1.82, 2.24) is 5.32 Å². The van der Waals surface area contributed by atoms with E-state index in [0.717, 1.165) is 31.8 Å². The standard InChI is InChI=1S/C8H14NO2/c1-2-11-8(10)7-3-5-9-6-4-7/h9H,2-6H2,1H3. The lowest BCUT2D eigenvalue weighted by Gasteiger charge is -2.19. The van der Waals surface area contributed by atoms with Crippen LogP contribution in [0.4, 0.5) is 0 Å². The van der Waals surface area contributed by atoms with Gasteiger partial charge in [0.2, 0.25) is 0 Å². The predicted molar refractivity (Wildman–Crippen MR) is 42.0 cm³/mol.